The maximum atomic E-state index is 6.11. The average molecular weight is 296 g/mol. The summed E-state index contributed by atoms with van der Waals surface area (Å²) in [4.78, 5) is 0. The Hall–Kier alpha value is -2.80. The van der Waals surface area contributed by atoms with Crippen LogP contribution in [0.15, 0.2) is 65.1 Å². The Balaban J connectivity index is 2.06. The van der Waals surface area contributed by atoms with Gasteiger partial charge in [-0.1, -0.05) is 42.5 Å². The first-order chi connectivity index (χ1) is 11.2. The highest BCUT2D eigenvalue weighted by molar-refractivity contribution is 6.23. The molecule has 0 saturated carbocycles. The molecule has 0 N–H and O–H groups in total. The van der Waals surface area contributed by atoms with E-state index in [1.807, 2.05) is 0 Å². The van der Waals surface area contributed by atoms with Crippen LogP contribution in [0.2, 0.25) is 0 Å². The topological polar surface area (TPSA) is 13.1 Å². The fraction of sp³-hybridized carbons (Fsp3) is 0.0909. The largest absolute Gasteiger partial charge is 0.456 e. The van der Waals surface area contributed by atoms with Gasteiger partial charge in [-0.25, -0.2) is 0 Å². The van der Waals surface area contributed by atoms with Gasteiger partial charge >= 0.3 is 0 Å². The van der Waals surface area contributed by atoms with E-state index in [9.17, 15) is 0 Å². The molecule has 0 aliphatic rings. The number of aryl methyl sites for hydroxylation is 2. The second kappa shape index (κ2) is 4.36. The third kappa shape index (κ3) is 1.68. The van der Waals surface area contributed by atoms with Crippen molar-refractivity contribution in [3.63, 3.8) is 0 Å². The van der Waals surface area contributed by atoms with Crippen LogP contribution in [0.3, 0.4) is 0 Å². The molecule has 0 fully saturated rings. The molecular weight excluding hydrogens is 280 g/mol. The molecule has 0 amide bonds. The summed E-state index contributed by atoms with van der Waals surface area (Å²) in [7, 11) is 0. The molecule has 0 atom stereocenters. The number of hydrogen-bond donors (Lipinski definition) is 0. The Morgan fingerprint density at radius 1 is 0.609 bits per heavy atom. The second-order valence-electron chi connectivity index (χ2n) is 6.36. The Kier molecular flexibility index (Phi) is 2.41. The molecule has 0 spiro atoms. The third-order valence-corrected chi connectivity index (χ3v) is 4.97. The van der Waals surface area contributed by atoms with Crippen LogP contribution in [-0.4, -0.2) is 0 Å². The number of furan rings is 1. The zero-order valence-electron chi connectivity index (χ0n) is 13.2. The lowest BCUT2D eigenvalue weighted by molar-refractivity contribution is 0.668. The monoisotopic (exact) mass is 296 g/mol. The van der Waals surface area contributed by atoms with Crippen molar-refractivity contribution < 1.29 is 4.42 Å². The van der Waals surface area contributed by atoms with Crippen molar-refractivity contribution in [1.82, 2.24) is 0 Å². The molecule has 1 aromatic heterocycles. The molecule has 1 heteroatoms. The minimum absolute atomic E-state index is 0.966. The van der Waals surface area contributed by atoms with Crippen molar-refractivity contribution in [3.8, 4) is 0 Å². The summed E-state index contributed by atoms with van der Waals surface area (Å²) in [5, 5.41) is 7.57. The minimum Gasteiger partial charge on any atom is -0.456 e. The second-order valence-corrected chi connectivity index (χ2v) is 6.36. The number of hydrogen-bond acceptors (Lipinski definition) is 1. The fourth-order valence-electron chi connectivity index (χ4n) is 3.62. The fourth-order valence-corrected chi connectivity index (χ4v) is 3.62. The number of fused-ring (bicyclic) bond motifs is 7. The van der Waals surface area contributed by atoms with Gasteiger partial charge in [0.05, 0.1) is 0 Å². The normalized spacial score (nSPS) is 11.9. The lowest BCUT2D eigenvalue weighted by Crippen LogP contribution is -1.81. The van der Waals surface area contributed by atoms with Crippen LogP contribution in [0.1, 0.15) is 11.1 Å². The molecular formula is C22H16O. The van der Waals surface area contributed by atoms with Crippen molar-refractivity contribution >= 4 is 43.5 Å². The highest BCUT2D eigenvalue weighted by Gasteiger charge is 2.12. The van der Waals surface area contributed by atoms with Gasteiger partial charge < -0.3 is 4.42 Å². The first-order valence-corrected chi connectivity index (χ1v) is 7.96. The molecule has 1 heterocycles. The lowest BCUT2D eigenvalue weighted by Gasteiger charge is -2.05. The van der Waals surface area contributed by atoms with Gasteiger partial charge in [-0.15, -0.1) is 0 Å². The molecule has 5 aromatic rings. The maximum absolute atomic E-state index is 6.11. The maximum Gasteiger partial charge on any atom is 0.136 e. The van der Waals surface area contributed by atoms with E-state index in [1.54, 1.807) is 0 Å². The summed E-state index contributed by atoms with van der Waals surface area (Å²) in [5.74, 6) is 0. The van der Waals surface area contributed by atoms with Crippen molar-refractivity contribution in [1.29, 1.82) is 0 Å². The van der Waals surface area contributed by atoms with Crippen molar-refractivity contribution in [3.05, 3.63) is 71.8 Å². The Bertz CT molecular complexity index is 1220. The van der Waals surface area contributed by atoms with E-state index in [4.69, 9.17) is 4.42 Å². The van der Waals surface area contributed by atoms with Crippen LogP contribution in [0.5, 0.6) is 0 Å². The van der Waals surface area contributed by atoms with E-state index < -0.39 is 0 Å². The smallest absolute Gasteiger partial charge is 0.136 e. The summed E-state index contributed by atoms with van der Waals surface area (Å²) in [5.41, 5.74) is 4.51. The molecule has 1 nitrogen and oxygen atoms in total. The van der Waals surface area contributed by atoms with Crippen molar-refractivity contribution in [2.45, 2.75) is 13.8 Å². The highest BCUT2D eigenvalue weighted by atomic mass is 16.3. The minimum atomic E-state index is 0.966. The van der Waals surface area contributed by atoms with Crippen molar-refractivity contribution in [2.24, 2.45) is 0 Å². The molecule has 0 unspecified atom stereocenters. The van der Waals surface area contributed by atoms with E-state index in [2.05, 4.69) is 74.5 Å². The molecule has 23 heavy (non-hydrogen) atoms. The van der Waals surface area contributed by atoms with Gasteiger partial charge in [0.2, 0.25) is 0 Å². The first-order valence-electron chi connectivity index (χ1n) is 7.96. The summed E-state index contributed by atoms with van der Waals surface area (Å²) in [6.45, 7) is 4.29. The van der Waals surface area contributed by atoms with Gasteiger partial charge in [0.1, 0.15) is 11.2 Å². The molecule has 4 aromatic carbocycles. The van der Waals surface area contributed by atoms with E-state index in [0.29, 0.717) is 0 Å². The number of benzene rings is 4. The predicted molar refractivity (Wildman–Crippen MR) is 98.2 cm³/mol. The zero-order chi connectivity index (χ0) is 15.6. The van der Waals surface area contributed by atoms with E-state index in [1.165, 1.54) is 43.4 Å². The standard InChI is InChI=1S/C22H16O/c1-13-11-19-21(12-14(13)2)23-20-10-9-17-16-6-4-3-5-15(16)7-8-18(17)22(19)20/h3-12H,1-2H3. The van der Waals surface area contributed by atoms with Gasteiger partial charge in [-0.2, -0.15) is 0 Å². The molecule has 0 aliphatic heterocycles. The van der Waals surface area contributed by atoms with E-state index in [0.717, 1.165) is 11.2 Å². The molecule has 0 aliphatic carbocycles. The van der Waals surface area contributed by atoms with E-state index in [-0.39, 0.29) is 0 Å². The van der Waals surface area contributed by atoms with E-state index >= 15 is 0 Å². The lowest BCUT2D eigenvalue weighted by atomic mass is 9.97. The first kappa shape index (κ1) is 12.7. The number of rotatable bonds is 0. The summed E-state index contributed by atoms with van der Waals surface area (Å²) in [6.07, 6.45) is 0. The quantitative estimate of drug-likeness (QED) is 0.297. The molecule has 0 saturated heterocycles. The van der Waals surface area contributed by atoms with Crippen molar-refractivity contribution in [2.75, 3.05) is 0 Å². The molecule has 110 valence electrons. The Labute approximate surface area is 134 Å². The van der Waals surface area contributed by atoms with Crippen LogP contribution in [-0.2, 0) is 0 Å². The third-order valence-electron chi connectivity index (χ3n) is 4.97. The average Bonchev–Trinajstić information content (AvgIpc) is 2.92. The zero-order valence-corrected chi connectivity index (χ0v) is 13.2. The van der Waals surface area contributed by atoms with Gasteiger partial charge in [0.15, 0.2) is 0 Å². The van der Waals surface area contributed by atoms with Gasteiger partial charge in [0.25, 0.3) is 0 Å². The van der Waals surface area contributed by atoms with Gasteiger partial charge in [-0.3, -0.25) is 0 Å². The molecule has 0 radical (unpaired) electrons. The Morgan fingerprint density at radius 2 is 1.39 bits per heavy atom. The highest BCUT2D eigenvalue weighted by Crippen LogP contribution is 2.38. The van der Waals surface area contributed by atoms with Crippen LogP contribution in [0.4, 0.5) is 0 Å². The Morgan fingerprint density at radius 3 is 2.30 bits per heavy atom. The van der Waals surface area contributed by atoms with Crippen LogP contribution >= 0.6 is 0 Å². The molecule has 5 rings (SSSR count). The summed E-state index contributed by atoms with van der Waals surface area (Å²) in [6, 6.07) is 21.7. The summed E-state index contributed by atoms with van der Waals surface area (Å²) >= 11 is 0. The van der Waals surface area contributed by atoms with Crippen LogP contribution < -0.4 is 0 Å². The SMILES string of the molecule is Cc1cc2oc3ccc4c5ccccc5ccc4c3c2cc1C. The summed E-state index contributed by atoms with van der Waals surface area (Å²) < 4.78 is 6.11. The predicted octanol–water partition coefficient (Wildman–Crippen LogP) is 6.51. The van der Waals surface area contributed by atoms with Crippen LogP contribution in [0, 0.1) is 13.8 Å². The van der Waals surface area contributed by atoms with Gasteiger partial charge in [-0.05, 0) is 64.7 Å². The molecule has 0 bridgehead atoms. The van der Waals surface area contributed by atoms with Gasteiger partial charge in [0, 0.05) is 10.8 Å². The van der Waals surface area contributed by atoms with Crippen LogP contribution in [0.25, 0.3) is 43.5 Å².